The van der Waals surface area contributed by atoms with Gasteiger partial charge in [0, 0.05) is 5.56 Å². The van der Waals surface area contributed by atoms with E-state index in [1.807, 2.05) is 13.0 Å². The second kappa shape index (κ2) is 6.33. The lowest BCUT2D eigenvalue weighted by atomic mass is 10.1. The second-order valence-electron chi connectivity index (χ2n) is 3.13. The molecule has 1 rings (SSSR count). The third kappa shape index (κ3) is 3.35. The van der Waals surface area contributed by atoms with Gasteiger partial charge in [-0.2, -0.15) is 5.26 Å². The number of methoxy groups -OCH3 is 1. The summed E-state index contributed by atoms with van der Waals surface area (Å²) in [7, 11) is 1.24. The van der Waals surface area contributed by atoms with Gasteiger partial charge in [-0.1, -0.05) is 18.2 Å². The van der Waals surface area contributed by atoms with Crippen LogP contribution in [0.1, 0.15) is 12.5 Å². The largest absolute Gasteiger partial charge is 0.493 e. The Kier molecular flexibility index (Phi) is 4.77. The molecule has 0 spiro atoms. The summed E-state index contributed by atoms with van der Waals surface area (Å²) in [6.07, 6.45) is 1.46. The van der Waals surface area contributed by atoms with Crippen molar-refractivity contribution in [2.24, 2.45) is 0 Å². The molecule has 1 aromatic carbocycles. The van der Waals surface area contributed by atoms with E-state index in [1.165, 1.54) is 13.2 Å². The maximum atomic E-state index is 11.3. The van der Waals surface area contributed by atoms with Gasteiger partial charge in [0.15, 0.2) is 0 Å². The maximum Gasteiger partial charge on any atom is 0.348 e. The van der Waals surface area contributed by atoms with E-state index in [-0.39, 0.29) is 5.57 Å². The molecule has 0 aromatic heterocycles. The number of nitrogens with zero attached hydrogens (tertiary/aromatic N) is 1. The van der Waals surface area contributed by atoms with Crippen molar-refractivity contribution in [1.82, 2.24) is 0 Å². The minimum Gasteiger partial charge on any atom is -0.493 e. The zero-order chi connectivity index (χ0) is 12.7. The average molecular weight is 231 g/mol. The van der Waals surface area contributed by atoms with Crippen LogP contribution in [0.4, 0.5) is 0 Å². The number of carbonyl (C=O) groups is 1. The van der Waals surface area contributed by atoms with Gasteiger partial charge in [-0.25, -0.2) is 4.79 Å². The van der Waals surface area contributed by atoms with E-state index >= 15 is 0 Å². The summed E-state index contributed by atoms with van der Waals surface area (Å²) in [4.78, 5) is 11.3. The zero-order valence-electron chi connectivity index (χ0n) is 9.77. The number of nitriles is 1. The van der Waals surface area contributed by atoms with Crippen molar-refractivity contribution in [2.45, 2.75) is 6.92 Å². The molecule has 0 saturated heterocycles. The molecule has 4 heteroatoms. The van der Waals surface area contributed by atoms with Gasteiger partial charge >= 0.3 is 5.97 Å². The Bertz CT molecular complexity index is 472. The number of benzene rings is 1. The Morgan fingerprint density at radius 2 is 2.18 bits per heavy atom. The normalized spacial score (nSPS) is 10.5. The highest BCUT2D eigenvalue weighted by atomic mass is 16.5. The molecule has 0 heterocycles. The van der Waals surface area contributed by atoms with Gasteiger partial charge in [0.25, 0.3) is 0 Å². The summed E-state index contributed by atoms with van der Waals surface area (Å²) < 4.78 is 9.89. The minimum atomic E-state index is -0.654. The first-order chi connectivity index (χ1) is 8.22. The van der Waals surface area contributed by atoms with Crippen LogP contribution in [0.5, 0.6) is 5.75 Å². The SMILES string of the molecule is CCOc1ccccc1/C=C(/C#N)C(=O)OC. The molecule has 0 unspecified atom stereocenters. The lowest BCUT2D eigenvalue weighted by Crippen LogP contribution is -2.03. The fraction of sp³-hybridized carbons (Fsp3) is 0.231. The first-order valence-corrected chi connectivity index (χ1v) is 5.14. The topological polar surface area (TPSA) is 59.3 Å². The van der Waals surface area contributed by atoms with E-state index in [2.05, 4.69) is 4.74 Å². The highest BCUT2D eigenvalue weighted by Gasteiger charge is 2.10. The van der Waals surface area contributed by atoms with Gasteiger partial charge in [-0.3, -0.25) is 0 Å². The molecule has 0 atom stereocenters. The predicted octanol–water partition coefficient (Wildman–Crippen LogP) is 2.17. The summed E-state index contributed by atoms with van der Waals surface area (Å²) in [5, 5.41) is 8.85. The Labute approximate surface area is 100 Å². The predicted molar refractivity (Wildman–Crippen MR) is 63.2 cm³/mol. The summed E-state index contributed by atoms with van der Waals surface area (Å²) in [5.41, 5.74) is 0.621. The molecule has 0 N–H and O–H groups in total. The molecule has 0 aliphatic heterocycles. The van der Waals surface area contributed by atoms with Crippen molar-refractivity contribution < 1.29 is 14.3 Å². The van der Waals surface area contributed by atoms with Crippen molar-refractivity contribution in [3.8, 4) is 11.8 Å². The van der Waals surface area contributed by atoms with Crippen molar-refractivity contribution in [3.63, 3.8) is 0 Å². The van der Waals surface area contributed by atoms with Gasteiger partial charge in [-0.05, 0) is 19.1 Å². The monoisotopic (exact) mass is 231 g/mol. The molecule has 0 aliphatic rings. The van der Waals surface area contributed by atoms with Crippen molar-refractivity contribution in [3.05, 3.63) is 35.4 Å². The van der Waals surface area contributed by atoms with Crippen LogP contribution in [0.15, 0.2) is 29.8 Å². The van der Waals surface area contributed by atoms with Crippen molar-refractivity contribution in [2.75, 3.05) is 13.7 Å². The molecule has 17 heavy (non-hydrogen) atoms. The van der Waals surface area contributed by atoms with Gasteiger partial charge < -0.3 is 9.47 Å². The van der Waals surface area contributed by atoms with Gasteiger partial charge in [-0.15, -0.1) is 0 Å². The van der Waals surface area contributed by atoms with Crippen LogP contribution in [0.3, 0.4) is 0 Å². The van der Waals surface area contributed by atoms with Crippen molar-refractivity contribution >= 4 is 12.0 Å². The van der Waals surface area contributed by atoms with E-state index in [0.29, 0.717) is 17.9 Å². The smallest absolute Gasteiger partial charge is 0.348 e. The van der Waals surface area contributed by atoms with E-state index in [4.69, 9.17) is 10.00 Å². The van der Waals surface area contributed by atoms with E-state index in [9.17, 15) is 4.79 Å². The summed E-state index contributed by atoms with van der Waals surface area (Å²) in [6.45, 7) is 2.39. The van der Waals surface area contributed by atoms with Crippen LogP contribution in [0.2, 0.25) is 0 Å². The Morgan fingerprint density at radius 1 is 1.47 bits per heavy atom. The number of hydrogen-bond donors (Lipinski definition) is 0. The number of esters is 1. The molecular formula is C13H13NO3. The van der Waals surface area contributed by atoms with E-state index < -0.39 is 5.97 Å². The van der Waals surface area contributed by atoms with Gasteiger partial charge in [0.1, 0.15) is 17.4 Å². The van der Waals surface area contributed by atoms with Crippen LogP contribution < -0.4 is 4.74 Å². The highest BCUT2D eigenvalue weighted by Crippen LogP contribution is 2.21. The molecule has 0 saturated carbocycles. The molecule has 1 aromatic rings. The number of hydrogen-bond acceptors (Lipinski definition) is 4. The zero-order valence-corrected chi connectivity index (χ0v) is 9.77. The average Bonchev–Trinajstić information content (AvgIpc) is 2.37. The molecule has 0 bridgehead atoms. The Morgan fingerprint density at radius 3 is 2.76 bits per heavy atom. The summed E-state index contributed by atoms with van der Waals surface area (Å²) in [6, 6.07) is 8.98. The second-order valence-corrected chi connectivity index (χ2v) is 3.13. The number of rotatable bonds is 4. The first kappa shape index (κ1) is 12.8. The first-order valence-electron chi connectivity index (χ1n) is 5.14. The minimum absolute atomic E-state index is 0.0559. The number of ether oxygens (including phenoxy) is 2. The number of para-hydroxylation sites is 1. The Balaban J connectivity index is 3.12. The van der Waals surface area contributed by atoms with E-state index in [1.54, 1.807) is 24.3 Å². The van der Waals surface area contributed by atoms with Crippen LogP contribution in [-0.2, 0) is 9.53 Å². The third-order valence-electron chi connectivity index (χ3n) is 2.04. The van der Waals surface area contributed by atoms with Crippen LogP contribution in [-0.4, -0.2) is 19.7 Å². The van der Waals surface area contributed by atoms with Crippen LogP contribution >= 0.6 is 0 Å². The molecule has 0 amide bonds. The summed E-state index contributed by atoms with van der Waals surface area (Å²) >= 11 is 0. The molecule has 0 aliphatic carbocycles. The van der Waals surface area contributed by atoms with Crippen LogP contribution in [0, 0.1) is 11.3 Å². The molecule has 88 valence electrons. The third-order valence-corrected chi connectivity index (χ3v) is 2.04. The standard InChI is InChI=1S/C13H13NO3/c1-3-17-12-7-5-4-6-10(12)8-11(9-14)13(15)16-2/h4-8H,3H2,1-2H3/b11-8-. The molecule has 0 fully saturated rings. The van der Waals surface area contributed by atoms with Gasteiger partial charge in [0.05, 0.1) is 13.7 Å². The van der Waals surface area contributed by atoms with E-state index in [0.717, 1.165) is 0 Å². The summed E-state index contributed by atoms with van der Waals surface area (Å²) in [5.74, 6) is -0.0227. The lowest BCUT2D eigenvalue weighted by Gasteiger charge is -2.06. The quantitative estimate of drug-likeness (QED) is 0.452. The van der Waals surface area contributed by atoms with Crippen molar-refractivity contribution in [1.29, 1.82) is 5.26 Å². The van der Waals surface area contributed by atoms with Gasteiger partial charge in [0.2, 0.25) is 0 Å². The lowest BCUT2D eigenvalue weighted by molar-refractivity contribution is -0.135. The highest BCUT2D eigenvalue weighted by molar-refractivity contribution is 5.98. The molecule has 0 radical (unpaired) electrons. The number of carbonyl (C=O) groups excluding carboxylic acids is 1. The molecular weight excluding hydrogens is 218 g/mol. The maximum absolute atomic E-state index is 11.3. The fourth-order valence-corrected chi connectivity index (χ4v) is 1.29. The Hall–Kier alpha value is -2.28. The van der Waals surface area contributed by atoms with Crippen LogP contribution in [0.25, 0.3) is 6.08 Å². The fourth-order valence-electron chi connectivity index (χ4n) is 1.29. The molecule has 4 nitrogen and oxygen atoms in total.